The summed E-state index contributed by atoms with van der Waals surface area (Å²) in [5, 5.41) is 3.45. The van der Waals surface area contributed by atoms with Gasteiger partial charge in [0.25, 0.3) is 0 Å². The second-order valence-electron chi connectivity index (χ2n) is 4.91. The molecule has 2 nitrogen and oxygen atoms in total. The lowest BCUT2D eigenvalue weighted by atomic mass is 10.1. The monoisotopic (exact) mass is 299 g/mol. The Hall–Kier alpha value is -0.540. The highest BCUT2D eigenvalue weighted by atomic mass is 79.9. The fraction of sp³-hybridized carbons (Fsp3) is 0.571. The second-order valence-corrected chi connectivity index (χ2v) is 5.76. The van der Waals surface area contributed by atoms with Crippen LogP contribution in [0.2, 0.25) is 0 Å². The van der Waals surface area contributed by atoms with Gasteiger partial charge in [-0.05, 0) is 38.4 Å². The van der Waals surface area contributed by atoms with Gasteiger partial charge in [-0.3, -0.25) is 0 Å². The van der Waals surface area contributed by atoms with Gasteiger partial charge in [-0.25, -0.2) is 0 Å². The number of nitrogens with one attached hydrogen (secondary N) is 1. The summed E-state index contributed by atoms with van der Waals surface area (Å²) in [6.07, 6.45) is 0.202. The standard InChI is InChI=1S/C14H22BrNO/c1-10(2)8-16-9-12-13(15)6-5-7-14(12)17-11(3)4/h5-7,10-11,16H,8-9H2,1-4H3. The van der Waals surface area contributed by atoms with E-state index in [0.29, 0.717) is 5.92 Å². The molecule has 0 saturated heterocycles. The molecule has 0 fully saturated rings. The van der Waals surface area contributed by atoms with Crippen molar-refractivity contribution in [3.8, 4) is 5.75 Å². The van der Waals surface area contributed by atoms with Crippen LogP contribution in [0.4, 0.5) is 0 Å². The zero-order valence-electron chi connectivity index (χ0n) is 11.1. The lowest BCUT2D eigenvalue weighted by Crippen LogP contribution is -2.20. The summed E-state index contributed by atoms with van der Waals surface area (Å²) in [5.41, 5.74) is 1.20. The maximum atomic E-state index is 5.81. The van der Waals surface area contributed by atoms with Crippen molar-refractivity contribution in [2.45, 2.75) is 40.3 Å². The molecule has 1 aromatic carbocycles. The van der Waals surface area contributed by atoms with Gasteiger partial charge < -0.3 is 10.1 Å². The highest BCUT2D eigenvalue weighted by Gasteiger charge is 2.09. The Morgan fingerprint density at radius 2 is 1.94 bits per heavy atom. The minimum atomic E-state index is 0.202. The number of hydrogen-bond donors (Lipinski definition) is 1. The van der Waals surface area contributed by atoms with Crippen molar-refractivity contribution in [3.63, 3.8) is 0 Å². The lowest BCUT2D eigenvalue weighted by molar-refractivity contribution is 0.239. The summed E-state index contributed by atoms with van der Waals surface area (Å²) in [4.78, 5) is 0. The molecule has 17 heavy (non-hydrogen) atoms. The summed E-state index contributed by atoms with van der Waals surface area (Å²) in [6, 6.07) is 6.09. The van der Waals surface area contributed by atoms with Crippen LogP contribution in [0.3, 0.4) is 0 Å². The predicted molar refractivity (Wildman–Crippen MR) is 76.5 cm³/mol. The van der Waals surface area contributed by atoms with Crippen molar-refractivity contribution in [1.82, 2.24) is 5.32 Å². The molecule has 0 radical (unpaired) electrons. The number of halogens is 1. The van der Waals surface area contributed by atoms with Crippen molar-refractivity contribution in [1.29, 1.82) is 0 Å². The van der Waals surface area contributed by atoms with Gasteiger partial charge in [0.1, 0.15) is 5.75 Å². The largest absolute Gasteiger partial charge is 0.491 e. The highest BCUT2D eigenvalue weighted by Crippen LogP contribution is 2.27. The van der Waals surface area contributed by atoms with E-state index in [-0.39, 0.29) is 6.10 Å². The average Bonchev–Trinajstić information content (AvgIpc) is 2.21. The van der Waals surface area contributed by atoms with Crippen molar-refractivity contribution in [2.24, 2.45) is 5.92 Å². The third-order valence-electron chi connectivity index (χ3n) is 2.29. The van der Waals surface area contributed by atoms with E-state index in [1.54, 1.807) is 0 Å². The highest BCUT2D eigenvalue weighted by molar-refractivity contribution is 9.10. The molecule has 0 spiro atoms. The Balaban J connectivity index is 2.73. The first-order valence-electron chi connectivity index (χ1n) is 6.15. The van der Waals surface area contributed by atoms with E-state index < -0.39 is 0 Å². The summed E-state index contributed by atoms with van der Waals surface area (Å²) < 4.78 is 6.92. The molecular formula is C14H22BrNO. The molecule has 0 unspecified atom stereocenters. The van der Waals surface area contributed by atoms with Gasteiger partial charge in [-0.1, -0.05) is 35.8 Å². The molecule has 0 atom stereocenters. The van der Waals surface area contributed by atoms with Gasteiger partial charge in [0.2, 0.25) is 0 Å². The quantitative estimate of drug-likeness (QED) is 0.858. The van der Waals surface area contributed by atoms with E-state index in [2.05, 4.69) is 41.2 Å². The lowest BCUT2D eigenvalue weighted by Gasteiger charge is -2.16. The molecule has 0 heterocycles. The number of benzene rings is 1. The minimum absolute atomic E-state index is 0.202. The molecule has 0 aromatic heterocycles. The topological polar surface area (TPSA) is 21.3 Å². The summed E-state index contributed by atoms with van der Waals surface area (Å²) in [7, 11) is 0. The van der Waals surface area contributed by atoms with Crippen LogP contribution < -0.4 is 10.1 Å². The Labute approximate surface area is 113 Å². The van der Waals surface area contributed by atoms with E-state index in [1.807, 2.05) is 26.0 Å². The molecule has 3 heteroatoms. The van der Waals surface area contributed by atoms with Crippen molar-refractivity contribution < 1.29 is 4.74 Å². The van der Waals surface area contributed by atoms with Gasteiger partial charge >= 0.3 is 0 Å². The molecule has 0 amide bonds. The minimum Gasteiger partial charge on any atom is -0.491 e. The van der Waals surface area contributed by atoms with Crippen LogP contribution in [0.1, 0.15) is 33.3 Å². The predicted octanol–water partition coefficient (Wildman–Crippen LogP) is 3.98. The first-order chi connectivity index (χ1) is 8.00. The summed E-state index contributed by atoms with van der Waals surface area (Å²) >= 11 is 3.58. The molecule has 0 aliphatic carbocycles. The smallest absolute Gasteiger partial charge is 0.125 e. The van der Waals surface area contributed by atoms with Crippen LogP contribution >= 0.6 is 15.9 Å². The Morgan fingerprint density at radius 1 is 1.24 bits per heavy atom. The van der Waals surface area contributed by atoms with Crippen molar-refractivity contribution in [2.75, 3.05) is 6.54 Å². The number of rotatable bonds is 6. The second kappa shape index (κ2) is 7.02. The van der Waals surface area contributed by atoms with Gasteiger partial charge in [-0.2, -0.15) is 0 Å². The molecule has 0 bridgehead atoms. The molecule has 1 rings (SSSR count). The van der Waals surface area contributed by atoms with E-state index in [4.69, 9.17) is 4.74 Å². The van der Waals surface area contributed by atoms with E-state index >= 15 is 0 Å². The molecule has 0 aliphatic heterocycles. The molecule has 96 valence electrons. The molecule has 0 saturated carbocycles. The van der Waals surface area contributed by atoms with E-state index in [0.717, 1.165) is 23.3 Å². The SMILES string of the molecule is CC(C)CNCc1c(Br)cccc1OC(C)C. The fourth-order valence-electron chi connectivity index (χ4n) is 1.56. The van der Waals surface area contributed by atoms with Crippen LogP contribution in [-0.4, -0.2) is 12.6 Å². The first-order valence-corrected chi connectivity index (χ1v) is 6.94. The zero-order valence-corrected chi connectivity index (χ0v) is 12.7. The zero-order chi connectivity index (χ0) is 12.8. The molecule has 1 N–H and O–H groups in total. The Bertz CT molecular complexity index is 350. The third kappa shape index (κ3) is 5.09. The van der Waals surface area contributed by atoms with Crippen molar-refractivity contribution >= 4 is 15.9 Å². The normalized spacial score (nSPS) is 11.2. The van der Waals surface area contributed by atoms with Crippen molar-refractivity contribution in [3.05, 3.63) is 28.2 Å². The number of hydrogen-bond acceptors (Lipinski definition) is 2. The number of ether oxygens (including phenoxy) is 1. The van der Waals surface area contributed by atoms with Gasteiger partial charge in [0, 0.05) is 16.6 Å². The van der Waals surface area contributed by atoms with Crippen LogP contribution in [0.5, 0.6) is 5.75 Å². The molecule has 0 aliphatic rings. The maximum Gasteiger partial charge on any atom is 0.125 e. The summed E-state index contributed by atoms with van der Waals surface area (Å²) in [6.45, 7) is 10.4. The molecular weight excluding hydrogens is 278 g/mol. The summed E-state index contributed by atoms with van der Waals surface area (Å²) in [5.74, 6) is 1.62. The van der Waals surface area contributed by atoms with E-state index in [9.17, 15) is 0 Å². The average molecular weight is 300 g/mol. The van der Waals surface area contributed by atoms with Crippen LogP contribution in [-0.2, 0) is 6.54 Å². The van der Waals surface area contributed by atoms with Crippen LogP contribution in [0.15, 0.2) is 22.7 Å². The Kier molecular flexibility index (Phi) is 6.00. The third-order valence-corrected chi connectivity index (χ3v) is 3.04. The van der Waals surface area contributed by atoms with Gasteiger partial charge in [0.15, 0.2) is 0 Å². The first kappa shape index (κ1) is 14.5. The Morgan fingerprint density at radius 3 is 2.53 bits per heavy atom. The fourth-order valence-corrected chi connectivity index (χ4v) is 2.05. The van der Waals surface area contributed by atoms with Gasteiger partial charge in [0.05, 0.1) is 6.10 Å². The van der Waals surface area contributed by atoms with E-state index in [1.165, 1.54) is 5.56 Å². The van der Waals surface area contributed by atoms with Crippen LogP contribution in [0.25, 0.3) is 0 Å². The van der Waals surface area contributed by atoms with Gasteiger partial charge in [-0.15, -0.1) is 0 Å². The maximum absolute atomic E-state index is 5.81. The molecule has 1 aromatic rings. The van der Waals surface area contributed by atoms with Crippen LogP contribution in [0, 0.1) is 5.92 Å².